The van der Waals surface area contributed by atoms with Crippen molar-refractivity contribution in [3.63, 3.8) is 0 Å². The third-order valence-corrected chi connectivity index (χ3v) is 3.65. The number of aryl methyl sites for hydroxylation is 1. The van der Waals surface area contributed by atoms with Crippen LogP contribution in [0.4, 0.5) is 0 Å². The molecule has 2 N–H and O–H groups in total. The molecular formula is C14H15N5O. The summed E-state index contributed by atoms with van der Waals surface area (Å²) in [5, 5.41) is 11.6. The predicted octanol–water partition coefficient (Wildman–Crippen LogP) is 1.08. The monoisotopic (exact) mass is 269 g/mol. The summed E-state index contributed by atoms with van der Waals surface area (Å²) in [5.41, 5.74) is 0.900. The highest BCUT2D eigenvalue weighted by molar-refractivity contribution is 5.94. The topological polar surface area (TPSA) is 86.5 Å². The van der Waals surface area contributed by atoms with E-state index in [9.17, 15) is 4.79 Å². The summed E-state index contributed by atoms with van der Waals surface area (Å²) >= 11 is 0. The Bertz CT molecular complexity index is 663. The molecule has 102 valence electrons. The summed E-state index contributed by atoms with van der Waals surface area (Å²) in [6.07, 6.45) is 7.35. The van der Waals surface area contributed by atoms with Crippen LogP contribution in [0.15, 0.2) is 24.7 Å². The summed E-state index contributed by atoms with van der Waals surface area (Å²) in [6.45, 7) is 1.54. The summed E-state index contributed by atoms with van der Waals surface area (Å²) < 4.78 is 2.14. The molecule has 3 rings (SSSR count). The highest BCUT2D eigenvalue weighted by Crippen LogP contribution is 2.18. The molecule has 0 saturated heterocycles. The standard InChI is InChI=1S/C14H15N5O/c15-6-12-5-11(8-17-12)14(20)18-7-10-1-2-13-16-3-4-19(13)9-10/h3-5,8,10,17H,1-2,7,9H2,(H,18,20)/t10-/m1/s1. The fraction of sp³-hybridized carbons (Fsp3) is 0.357. The van der Waals surface area contributed by atoms with Gasteiger partial charge in [-0.1, -0.05) is 0 Å². The zero-order valence-electron chi connectivity index (χ0n) is 11.0. The van der Waals surface area contributed by atoms with E-state index in [1.54, 1.807) is 12.3 Å². The molecule has 2 aromatic rings. The highest BCUT2D eigenvalue weighted by Gasteiger charge is 2.19. The van der Waals surface area contributed by atoms with Crippen LogP contribution in [0, 0.1) is 17.2 Å². The maximum absolute atomic E-state index is 12.0. The number of aromatic nitrogens is 3. The Hall–Kier alpha value is -2.55. The average Bonchev–Trinajstić information content (AvgIpc) is 3.12. The number of nitriles is 1. The molecule has 0 unspecified atom stereocenters. The van der Waals surface area contributed by atoms with E-state index < -0.39 is 0 Å². The van der Waals surface area contributed by atoms with Gasteiger partial charge in [0.05, 0.1) is 5.56 Å². The summed E-state index contributed by atoms with van der Waals surface area (Å²) in [5.74, 6) is 1.41. The lowest BCUT2D eigenvalue weighted by Crippen LogP contribution is -2.33. The van der Waals surface area contributed by atoms with Crippen molar-refractivity contribution in [1.82, 2.24) is 19.9 Å². The lowest BCUT2D eigenvalue weighted by atomic mass is 9.99. The molecule has 0 spiro atoms. The molecule has 1 amide bonds. The van der Waals surface area contributed by atoms with E-state index in [1.165, 1.54) is 0 Å². The molecule has 0 bridgehead atoms. The number of H-pyrrole nitrogens is 1. The number of hydrogen-bond acceptors (Lipinski definition) is 3. The lowest BCUT2D eigenvalue weighted by molar-refractivity contribution is 0.0944. The molecule has 0 radical (unpaired) electrons. The van der Waals surface area contributed by atoms with Gasteiger partial charge >= 0.3 is 0 Å². The molecule has 6 heteroatoms. The van der Waals surface area contributed by atoms with Crippen LogP contribution in [-0.2, 0) is 13.0 Å². The maximum Gasteiger partial charge on any atom is 0.252 e. The predicted molar refractivity (Wildman–Crippen MR) is 71.9 cm³/mol. The zero-order chi connectivity index (χ0) is 13.9. The van der Waals surface area contributed by atoms with Crippen molar-refractivity contribution in [3.05, 3.63) is 41.7 Å². The van der Waals surface area contributed by atoms with Gasteiger partial charge in [0.25, 0.3) is 5.91 Å². The fourth-order valence-corrected chi connectivity index (χ4v) is 2.53. The van der Waals surface area contributed by atoms with Crippen LogP contribution in [-0.4, -0.2) is 27.0 Å². The van der Waals surface area contributed by atoms with Crippen LogP contribution in [0.25, 0.3) is 0 Å². The van der Waals surface area contributed by atoms with E-state index in [-0.39, 0.29) is 5.91 Å². The molecule has 1 aliphatic rings. The minimum absolute atomic E-state index is 0.140. The van der Waals surface area contributed by atoms with Crippen LogP contribution < -0.4 is 5.32 Å². The highest BCUT2D eigenvalue weighted by atomic mass is 16.1. The van der Waals surface area contributed by atoms with Gasteiger partial charge in [0, 0.05) is 38.1 Å². The number of aromatic amines is 1. The average molecular weight is 269 g/mol. The second-order valence-corrected chi connectivity index (χ2v) is 5.02. The van der Waals surface area contributed by atoms with Crippen LogP contribution in [0.5, 0.6) is 0 Å². The maximum atomic E-state index is 12.0. The van der Waals surface area contributed by atoms with E-state index >= 15 is 0 Å². The third kappa shape index (κ3) is 2.43. The van der Waals surface area contributed by atoms with Gasteiger partial charge < -0.3 is 14.9 Å². The minimum atomic E-state index is -0.140. The second-order valence-electron chi connectivity index (χ2n) is 5.02. The Kier molecular flexibility index (Phi) is 3.25. The zero-order valence-corrected chi connectivity index (χ0v) is 11.0. The third-order valence-electron chi connectivity index (χ3n) is 3.65. The van der Waals surface area contributed by atoms with Crippen LogP contribution in [0.1, 0.15) is 28.3 Å². The summed E-state index contributed by atoms with van der Waals surface area (Å²) in [6, 6.07) is 3.53. The van der Waals surface area contributed by atoms with E-state index in [1.807, 2.05) is 18.5 Å². The first kappa shape index (κ1) is 12.5. The van der Waals surface area contributed by atoms with Gasteiger partial charge in [0.2, 0.25) is 0 Å². The second kappa shape index (κ2) is 5.21. The lowest BCUT2D eigenvalue weighted by Gasteiger charge is -2.23. The van der Waals surface area contributed by atoms with E-state index in [4.69, 9.17) is 5.26 Å². The van der Waals surface area contributed by atoms with Crippen molar-refractivity contribution in [2.75, 3.05) is 6.54 Å². The Labute approximate surface area is 116 Å². The SMILES string of the molecule is N#Cc1cc(C(=O)NC[C@H]2CCc3nccn3C2)c[nH]1. The normalized spacial score (nSPS) is 17.2. The Morgan fingerprint density at radius 2 is 2.55 bits per heavy atom. The van der Waals surface area contributed by atoms with Gasteiger partial charge in [-0.2, -0.15) is 5.26 Å². The number of nitrogens with one attached hydrogen (secondary N) is 2. The number of imidazole rings is 1. The Morgan fingerprint density at radius 3 is 3.35 bits per heavy atom. The quantitative estimate of drug-likeness (QED) is 0.874. The van der Waals surface area contributed by atoms with Crippen molar-refractivity contribution in [2.45, 2.75) is 19.4 Å². The van der Waals surface area contributed by atoms with Crippen molar-refractivity contribution in [3.8, 4) is 6.07 Å². The summed E-state index contributed by atoms with van der Waals surface area (Å²) in [7, 11) is 0. The van der Waals surface area contributed by atoms with E-state index in [2.05, 4.69) is 19.9 Å². The molecule has 3 heterocycles. The van der Waals surface area contributed by atoms with Crippen molar-refractivity contribution >= 4 is 5.91 Å². The first-order valence-corrected chi connectivity index (χ1v) is 6.63. The van der Waals surface area contributed by atoms with Crippen LogP contribution >= 0.6 is 0 Å². The molecule has 1 aliphatic heterocycles. The van der Waals surface area contributed by atoms with E-state index in [0.717, 1.165) is 25.2 Å². The molecule has 0 aliphatic carbocycles. The molecule has 20 heavy (non-hydrogen) atoms. The number of amides is 1. The van der Waals surface area contributed by atoms with E-state index in [0.29, 0.717) is 23.7 Å². The van der Waals surface area contributed by atoms with Gasteiger partial charge in [-0.15, -0.1) is 0 Å². The van der Waals surface area contributed by atoms with Gasteiger partial charge in [-0.3, -0.25) is 4.79 Å². The molecule has 1 atom stereocenters. The summed E-state index contributed by atoms with van der Waals surface area (Å²) in [4.78, 5) is 19.0. The molecule has 0 fully saturated rings. The fourth-order valence-electron chi connectivity index (χ4n) is 2.53. The van der Waals surface area contributed by atoms with Crippen molar-refractivity contribution in [1.29, 1.82) is 5.26 Å². The minimum Gasteiger partial charge on any atom is -0.352 e. The van der Waals surface area contributed by atoms with Gasteiger partial charge in [-0.25, -0.2) is 4.98 Å². The molecule has 6 nitrogen and oxygen atoms in total. The number of nitrogens with zero attached hydrogens (tertiary/aromatic N) is 3. The van der Waals surface area contributed by atoms with Gasteiger partial charge in [0.1, 0.15) is 17.6 Å². The molecular weight excluding hydrogens is 254 g/mol. The first-order chi connectivity index (χ1) is 9.76. The number of rotatable bonds is 3. The first-order valence-electron chi connectivity index (χ1n) is 6.63. The van der Waals surface area contributed by atoms with Crippen molar-refractivity contribution < 1.29 is 4.79 Å². The number of carbonyl (C=O) groups excluding carboxylic acids is 1. The van der Waals surface area contributed by atoms with Gasteiger partial charge in [-0.05, 0) is 18.4 Å². The largest absolute Gasteiger partial charge is 0.352 e. The Balaban J connectivity index is 1.55. The van der Waals surface area contributed by atoms with Crippen molar-refractivity contribution in [2.24, 2.45) is 5.92 Å². The molecule has 2 aromatic heterocycles. The Morgan fingerprint density at radius 1 is 1.65 bits per heavy atom. The smallest absolute Gasteiger partial charge is 0.252 e. The van der Waals surface area contributed by atoms with Gasteiger partial charge in [0.15, 0.2) is 0 Å². The van der Waals surface area contributed by atoms with Crippen LogP contribution in [0.2, 0.25) is 0 Å². The number of carbonyl (C=O) groups is 1. The molecule has 0 aromatic carbocycles. The molecule has 0 saturated carbocycles. The number of fused-ring (bicyclic) bond motifs is 1. The van der Waals surface area contributed by atoms with Crippen LogP contribution in [0.3, 0.4) is 0 Å². The number of hydrogen-bond donors (Lipinski definition) is 2.